The zero-order chi connectivity index (χ0) is 29.2. The van der Waals surface area contributed by atoms with Gasteiger partial charge in [-0.2, -0.15) is 0 Å². The molecule has 0 bridgehead atoms. The second kappa shape index (κ2) is 14.7. The van der Waals surface area contributed by atoms with Crippen molar-refractivity contribution in [1.82, 2.24) is 4.90 Å². The molecule has 1 aromatic carbocycles. The third kappa shape index (κ3) is 9.11. The maximum absolute atomic E-state index is 14.0. The average molecular weight is 546 g/mol. The lowest BCUT2D eigenvalue weighted by atomic mass is 9.85. The molecule has 0 aromatic heterocycles. The summed E-state index contributed by atoms with van der Waals surface area (Å²) in [5.74, 6) is -4.00. The van der Waals surface area contributed by atoms with Gasteiger partial charge in [-0.3, -0.25) is 19.2 Å². The van der Waals surface area contributed by atoms with Gasteiger partial charge in [0.05, 0.1) is 25.2 Å². The number of hydrogen-bond acceptors (Lipinski definition) is 9. The summed E-state index contributed by atoms with van der Waals surface area (Å²) in [6.45, 7) is 8.60. The number of hydrogen-bond donors (Lipinski definition) is 1. The number of ketones is 2. The highest BCUT2D eigenvalue weighted by Crippen LogP contribution is 2.36. The summed E-state index contributed by atoms with van der Waals surface area (Å²) in [6, 6.07) is 8.25. The summed E-state index contributed by atoms with van der Waals surface area (Å²) < 4.78 is 16.0. The molecule has 10 heteroatoms. The molecule has 0 aliphatic carbocycles. The molecule has 10 nitrogen and oxygen atoms in total. The summed E-state index contributed by atoms with van der Waals surface area (Å²) >= 11 is 0. The van der Waals surface area contributed by atoms with E-state index in [0.717, 1.165) is 24.0 Å². The molecule has 214 valence electrons. The second-order valence-corrected chi connectivity index (χ2v) is 10.3. The Morgan fingerprint density at radius 2 is 1.77 bits per heavy atom. The topological polar surface area (TPSA) is 137 Å². The van der Waals surface area contributed by atoms with Gasteiger partial charge in [0.15, 0.2) is 17.7 Å². The first kappa shape index (κ1) is 31.8. The number of imide groups is 1. The number of allylic oxidation sites excluding steroid dienone is 1. The number of esters is 1. The monoisotopic (exact) mass is 545 g/mol. The lowest BCUT2D eigenvalue weighted by Gasteiger charge is -2.34. The molecule has 0 radical (unpaired) electrons. The van der Waals surface area contributed by atoms with Gasteiger partial charge in [0.25, 0.3) is 0 Å². The lowest BCUT2D eigenvalue weighted by molar-refractivity contribution is -0.159. The van der Waals surface area contributed by atoms with E-state index in [1.807, 2.05) is 13.8 Å². The van der Waals surface area contributed by atoms with E-state index in [4.69, 9.17) is 19.3 Å². The van der Waals surface area contributed by atoms with Crippen LogP contribution in [0.25, 0.3) is 0 Å². The van der Waals surface area contributed by atoms with Crippen LogP contribution in [0.1, 0.15) is 53.0 Å². The molecule has 0 saturated carbocycles. The third-order valence-electron chi connectivity index (χ3n) is 6.34. The Bertz CT molecular complexity index is 1050. The number of nitrogens with zero attached hydrogens (tertiary/aromatic N) is 1. The van der Waals surface area contributed by atoms with Gasteiger partial charge in [0.2, 0.25) is 5.91 Å². The standard InChI is InChI=1S/C29H39NO9/c1-19(2)26-29(4,5)39-28(36)30(26)27(35)23(18-21-10-7-6-8-11-21)25(38-20(3)32)24(34)14-13-22(33)12-9-16-37-17-15-31/h6-8,10-11,13-14,19,23,25-26,31H,9,12,15-18H2,1-5H3. The number of ether oxygens (including phenoxy) is 3. The number of cyclic esters (lactones) is 1. The Balaban J connectivity index is 2.38. The highest BCUT2D eigenvalue weighted by Gasteiger charge is 2.54. The molecular weight excluding hydrogens is 506 g/mol. The largest absolute Gasteiger partial charge is 0.453 e. The van der Waals surface area contributed by atoms with Crippen LogP contribution in [-0.2, 0) is 39.8 Å². The first-order valence-electron chi connectivity index (χ1n) is 13.1. The maximum atomic E-state index is 14.0. The van der Waals surface area contributed by atoms with E-state index in [2.05, 4.69) is 0 Å². The molecule has 1 aliphatic rings. The quantitative estimate of drug-likeness (QED) is 0.200. The summed E-state index contributed by atoms with van der Waals surface area (Å²) in [4.78, 5) is 65.6. The van der Waals surface area contributed by atoms with Crippen LogP contribution in [-0.4, -0.2) is 77.1 Å². The highest BCUT2D eigenvalue weighted by molar-refractivity contribution is 6.05. The lowest BCUT2D eigenvalue weighted by Crippen LogP contribution is -2.53. The van der Waals surface area contributed by atoms with Crippen molar-refractivity contribution in [3.63, 3.8) is 0 Å². The van der Waals surface area contributed by atoms with Gasteiger partial charge in [-0.25, -0.2) is 9.69 Å². The molecule has 3 unspecified atom stereocenters. The van der Waals surface area contributed by atoms with Crippen LogP contribution >= 0.6 is 0 Å². The van der Waals surface area contributed by atoms with Crippen LogP contribution in [0.2, 0.25) is 0 Å². The third-order valence-corrected chi connectivity index (χ3v) is 6.34. The van der Waals surface area contributed by atoms with Crippen molar-refractivity contribution in [3.8, 4) is 0 Å². The van der Waals surface area contributed by atoms with Gasteiger partial charge in [-0.1, -0.05) is 44.2 Å². The normalized spacial score (nSPS) is 18.2. The van der Waals surface area contributed by atoms with E-state index in [1.54, 1.807) is 44.2 Å². The van der Waals surface area contributed by atoms with Crippen molar-refractivity contribution >= 4 is 29.5 Å². The molecule has 1 heterocycles. The molecule has 1 aliphatic heterocycles. The van der Waals surface area contributed by atoms with E-state index >= 15 is 0 Å². The van der Waals surface area contributed by atoms with Crippen molar-refractivity contribution in [1.29, 1.82) is 0 Å². The molecule has 3 atom stereocenters. The Hall–Kier alpha value is -3.37. The van der Waals surface area contributed by atoms with Gasteiger partial charge in [0, 0.05) is 20.0 Å². The fraction of sp³-hybridized carbons (Fsp3) is 0.552. The predicted molar refractivity (Wildman–Crippen MR) is 142 cm³/mol. The highest BCUT2D eigenvalue weighted by atomic mass is 16.6. The maximum Gasteiger partial charge on any atom is 0.417 e. The van der Waals surface area contributed by atoms with E-state index < -0.39 is 47.4 Å². The molecule has 1 fully saturated rings. The van der Waals surface area contributed by atoms with Gasteiger partial charge in [-0.05, 0) is 50.3 Å². The van der Waals surface area contributed by atoms with Gasteiger partial charge in [0.1, 0.15) is 5.60 Å². The number of rotatable bonds is 15. The molecule has 1 N–H and O–H groups in total. The van der Waals surface area contributed by atoms with Gasteiger partial charge < -0.3 is 19.3 Å². The molecule has 2 amide bonds. The van der Waals surface area contributed by atoms with Crippen molar-refractivity contribution in [3.05, 3.63) is 48.0 Å². The SMILES string of the molecule is CC(=O)OC(C(=O)C=CC(=O)CCCOCCO)C(Cc1ccccc1)C(=O)N1C(=O)OC(C)(C)C1C(C)C. The number of carbonyl (C=O) groups is 5. The number of carbonyl (C=O) groups excluding carboxylic acids is 5. The van der Waals surface area contributed by atoms with Crippen molar-refractivity contribution < 1.29 is 43.3 Å². The Kier molecular flexibility index (Phi) is 12.0. The minimum atomic E-state index is -1.57. The second-order valence-electron chi connectivity index (χ2n) is 10.3. The first-order chi connectivity index (χ1) is 18.4. The summed E-state index contributed by atoms with van der Waals surface area (Å²) in [7, 11) is 0. The zero-order valence-electron chi connectivity index (χ0n) is 23.3. The Morgan fingerprint density at radius 1 is 1.10 bits per heavy atom. The van der Waals surface area contributed by atoms with E-state index in [1.165, 1.54) is 0 Å². The number of benzene rings is 1. The van der Waals surface area contributed by atoms with Crippen LogP contribution in [0.5, 0.6) is 0 Å². The van der Waals surface area contributed by atoms with Gasteiger partial charge in [-0.15, -0.1) is 0 Å². The molecule has 0 spiro atoms. The van der Waals surface area contributed by atoms with Crippen molar-refractivity contribution in [2.45, 2.75) is 71.6 Å². The fourth-order valence-corrected chi connectivity index (χ4v) is 4.84. The predicted octanol–water partition coefficient (Wildman–Crippen LogP) is 3.04. The average Bonchev–Trinajstić information content (AvgIpc) is 3.12. The first-order valence-corrected chi connectivity index (χ1v) is 13.1. The molecular formula is C29H39NO9. The Morgan fingerprint density at radius 3 is 2.36 bits per heavy atom. The molecule has 1 saturated heterocycles. The summed E-state index contributed by atoms with van der Waals surface area (Å²) in [6.07, 6.45) is 0.179. The van der Waals surface area contributed by atoms with Crippen LogP contribution in [0.4, 0.5) is 4.79 Å². The van der Waals surface area contributed by atoms with E-state index in [0.29, 0.717) is 12.0 Å². The fourth-order valence-electron chi connectivity index (χ4n) is 4.84. The minimum absolute atomic E-state index is 0.00235. The van der Waals surface area contributed by atoms with Crippen LogP contribution in [0, 0.1) is 11.8 Å². The van der Waals surface area contributed by atoms with E-state index in [-0.39, 0.29) is 44.4 Å². The van der Waals surface area contributed by atoms with Crippen LogP contribution in [0.15, 0.2) is 42.5 Å². The Labute approximate surface area is 229 Å². The summed E-state index contributed by atoms with van der Waals surface area (Å²) in [5.41, 5.74) is -0.275. The van der Waals surface area contributed by atoms with Crippen molar-refractivity contribution in [2.24, 2.45) is 11.8 Å². The number of aliphatic hydroxyl groups excluding tert-OH is 1. The molecule has 2 rings (SSSR count). The smallest absolute Gasteiger partial charge is 0.417 e. The molecule has 1 aromatic rings. The minimum Gasteiger partial charge on any atom is -0.453 e. The van der Waals surface area contributed by atoms with Crippen LogP contribution < -0.4 is 0 Å². The van der Waals surface area contributed by atoms with Gasteiger partial charge >= 0.3 is 12.1 Å². The molecule has 39 heavy (non-hydrogen) atoms. The number of amides is 2. The zero-order valence-corrected chi connectivity index (χ0v) is 23.3. The number of aliphatic hydroxyl groups is 1. The van der Waals surface area contributed by atoms with E-state index in [9.17, 15) is 24.0 Å². The van der Waals surface area contributed by atoms with Crippen molar-refractivity contribution in [2.75, 3.05) is 19.8 Å². The summed E-state index contributed by atoms with van der Waals surface area (Å²) in [5, 5.41) is 8.73. The van der Waals surface area contributed by atoms with Crippen LogP contribution in [0.3, 0.4) is 0 Å².